The summed E-state index contributed by atoms with van der Waals surface area (Å²) < 4.78 is 10.7. The lowest BCUT2D eigenvalue weighted by atomic mass is 9.98. The summed E-state index contributed by atoms with van der Waals surface area (Å²) in [6, 6.07) is 16.2. The van der Waals surface area contributed by atoms with Gasteiger partial charge in [0.05, 0.1) is 0 Å². The Bertz CT molecular complexity index is 1060. The Kier molecular flexibility index (Phi) is 5.98. The summed E-state index contributed by atoms with van der Waals surface area (Å²) in [6.07, 6.45) is 4.98. The molecule has 1 aromatic heterocycles. The van der Waals surface area contributed by atoms with Crippen molar-refractivity contribution in [1.82, 2.24) is 4.98 Å². The third-order valence-electron chi connectivity index (χ3n) is 5.37. The van der Waals surface area contributed by atoms with Crippen molar-refractivity contribution in [3.05, 3.63) is 71.4 Å². The van der Waals surface area contributed by atoms with Crippen LogP contribution in [0.3, 0.4) is 0 Å². The average Bonchev–Trinajstić information content (AvgIpc) is 3.20. The van der Waals surface area contributed by atoms with Gasteiger partial charge in [0.25, 0.3) is 0 Å². The number of carbonyl (C=O) groups excluding carboxylic acids is 1. The van der Waals surface area contributed by atoms with Gasteiger partial charge < -0.3 is 14.8 Å². The largest absolute Gasteiger partial charge is 0.454 e. The van der Waals surface area contributed by atoms with Gasteiger partial charge in [0, 0.05) is 18.2 Å². The molecule has 1 N–H and O–H groups in total. The Labute approximate surface area is 177 Å². The summed E-state index contributed by atoms with van der Waals surface area (Å²) in [6.45, 7) is 4.43. The summed E-state index contributed by atoms with van der Waals surface area (Å²) in [5.74, 6) is 2.21. The number of carbonyl (C=O) groups is 1. The van der Waals surface area contributed by atoms with Gasteiger partial charge >= 0.3 is 0 Å². The fourth-order valence-corrected chi connectivity index (χ4v) is 3.70. The highest BCUT2D eigenvalue weighted by Gasteiger charge is 2.13. The lowest BCUT2D eigenvalue weighted by Crippen LogP contribution is -2.12. The van der Waals surface area contributed by atoms with Crippen LogP contribution >= 0.6 is 0 Å². The van der Waals surface area contributed by atoms with Crippen LogP contribution in [0, 0.1) is 13.8 Å². The molecule has 3 aromatic rings. The number of benzene rings is 2. The smallest absolute Gasteiger partial charge is 0.231 e. The van der Waals surface area contributed by atoms with Gasteiger partial charge in [-0.3, -0.25) is 4.79 Å². The number of aryl methyl sites for hydroxylation is 3. The molecule has 0 radical (unpaired) electrons. The van der Waals surface area contributed by atoms with Gasteiger partial charge in [0.15, 0.2) is 11.5 Å². The number of hydrogen-bond acceptors (Lipinski definition) is 4. The van der Waals surface area contributed by atoms with Crippen molar-refractivity contribution in [1.29, 1.82) is 0 Å². The Balaban J connectivity index is 1.27. The van der Waals surface area contributed by atoms with Gasteiger partial charge in [0.1, 0.15) is 5.82 Å². The van der Waals surface area contributed by atoms with Crippen molar-refractivity contribution >= 4 is 11.7 Å². The first-order valence-electron chi connectivity index (χ1n) is 10.3. The minimum absolute atomic E-state index is 0.00349. The monoisotopic (exact) mass is 402 g/mol. The van der Waals surface area contributed by atoms with Crippen LogP contribution < -0.4 is 14.8 Å². The van der Waals surface area contributed by atoms with Gasteiger partial charge in [0.2, 0.25) is 12.7 Å². The second-order valence-corrected chi connectivity index (χ2v) is 7.64. The quantitative estimate of drug-likeness (QED) is 0.534. The topological polar surface area (TPSA) is 60.5 Å². The van der Waals surface area contributed by atoms with Crippen LogP contribution in [-0.4, -0.2) is 17.7 Å². The second-order valence-electron chi connectivity index (χ2n) is 7.64. The first kappa shape index (κ1) is 20.0. The number of pyridine rings is 1. The highest BCUT2D eigenvalue weighted by Crippen LogP contribution is 2.33. The molecular weight excluding hydrogens is 376 g/mol. The van der Waals surface area contributed by atoms with E-state index >= 15 is 0 Å². The van der Waals surface area contributed by atoms with Crippen molar-refractivity contribution in [2.75, 3.05) is 12.1 Å². The van der Waals surface area contributed by atoms with Crippen LogP contribution in [0.15, 0.2) is 54.7 Å². The van der Waals surface area contributed by atoms with Crippen LogP contribution in [0.4, 0.5) is 5.82 Å². The molecule has 0 bridgehead atoms. The predicted molar refractivity (Wildman–Crippen MR) is 118 cm³/mol. The number of unbranched alkanes of at least 4 members (excludes halogenated alkanes) is 1. The Morgan fingerprint density at radius 1 is 0.967 bits per heavy atom. The number of aromatic nitrogens is 1. The highest BCUT2D eigenvalue weighted by molar-refractivity contribution is 5.90. The van der Waals surface area contributed by atoms with Crippen LogP contribution in [0.5, 0.6) is 11.5 Å². The third kappa shape index (κ3) is 4.62. The van der Waals surface area contributed by atoms with E-state index in [1.54, 1.807) is 0 Å². The molecule has 0 saturated heterocycles. The van der Waals surface area contributed by atoms with Gasteiger partial charge in [-0.25, -0.2) is 4.98 Å². The maximum Gasteiger partial charge on any atom is 0.231 e. The first-order valence-corrected chi connectivity index (χ1v) is 10.3. The van der Waals surface area contributed by atoms with E-state index in [-0.39, 0.29) is 5.91 Å². The fourth-order valence-electron chi connectivity index (χ4n) is 3.70. The van der Waals surface area contributed by atoms with E-state index in [2.05, 4.69) is 35.4 Å². The molecule has 5 nitrogen and oxygen atoms in total. The Morgan fingerprint density at radius 2 is 1.80 bits per heavy atom. The number of ether oxygens (including phenoxy) is 2. The van der Waals surface area contributed by atoms with Crippen LogP contribution in [0.25, 0.3) is 11.1 Å². The molecule has 0 spiro atoms. The van der Waals surface area contributed by atoms with E-state index in [0.29, 0.717) is 19.0 Å². The minimum atomic E-state index is -0.00349. The molecular formula is C25H26N2O3. The molecule has 1 aliphatic rings. The zero-order chi connectivity index (χ0) is 20.9. The zero-order valence-electron chi connectivity index (χ0n) is 17.4. The van der Waals surface area contributed by atoms with Crippen molar-refractivity contribution in [3.63, 3.8) is 0 Å². The molecule has 0 aliphatic carbocycles. The third-order valence-corrected chi connectivity index (χ3v) is 5.37. The standard InChI is InChI=1S/C25H26N2O3/c1-17-7-3-5-9-20(17)21-15-26-24(13-18(21)2)27-25(28)10-6-4-8-19-11-12-22-23(14-19)30-16-29-22/h3,5,7,9,11-15H,4,6,8,10,16H2,1-2H3,(H,26,27,28). The lowest BCUT2D eigenvalue weighted by Gasteiger charge is -2.11. The number of rotatable bonds is 7. The van der Waals surface area contributed by atoms with E-state index in [9.17, 15) is 4.79 Å². The van der Waals surface area contributed by atoms with E-state index in [0.717, 1.165) is 41.9 Å². The SMILES string of the molecule is Cc1ccccc1-c1cnc(NC(=O)CCCCc2ccc3c(c2)OCO3)cc1C. The van der Waals surface area contributed by atoms with Gasteiger partial charge in [-0.15, -0.1) is 0 Å². The van der Waals surface area contributed by atoms with Crippen molar-refractivity contribution in [3.8, 4) is 22.6 Å². The average molecular weight is 402 g/mol. The number of nitrogens with one attached hydrogen (secondary N) is 1. The van der Waals surface area contributed by atoms with Gasteiger partial charge in [-0.1, -0.05) is 30.3 Å². The molecule has 30 heavy (non-hydrogen) atoms. The first-order chi connectivity index (χ1) is 14.6. The Morgan fingerprint density at radius 3 is 2.63 bits per heavy atom. The zero-order valence-corrected chi connectivity index (χ0v) is 17.4. The number of fused-ring (bicyclic) bond motifs is 1. The maximum absolute atomic E-state index is 12.3. The molecule has 0 unspecified atom stereocenters. The van der Waals surface area contributed by atoms with Crippen molar-refractivity contribution in [2.45, 2.75) is 39.5 Å². The molecule has 1 aliphatic heterocycles. The molecule has 1 amide bonds. The number of amides is 1. The molecule has 0 atom stereocenters. The van der Waals surface area contributed by atoms with E-state index < -0.39 is 0 Å². The predicted octanol–water partition coefficient (Wildman–Crippen LogP) is 5.45. The normalized spacial score (nSPS) is 12.1. The second kappa shape index (κ2) is 8.99. The molecule has 4 rings (SSSR count). The molecule has 0 fully saturated rings. The molecule has 2 aromatic carbocycles. The van der Waals surface area contributed by atoms with Crippen molar-refractivity contribution in [2.24, 2.45) is 0 Å². The molecule has 2 heterocycles. The summed E-state index contributed by atoms with van der Waals surface area (Å²) in [5, 5.41) is 2.92. The fraction of sp³-hybridized carbons (Fsp3) is 0.280. The van der Waals surface area contributed by atoms with Crippen LogP contribution in [0.1, 0.15) is 36.0 Å². The Hall–Kier alpha value is -3.34. The van der Waals surface area contributed by atoms with E-state index in [1.807, 2.05) is 43.5 Å². The molecule has 5 heteroatoms. The lowest BCUT2D eigenvalue weighted by molar-refractivity contribution is -0.116. The molecule has 0 saturated carbocycles. The summed E-state index contributed by atoms with van der Waals surface area (Å²) in [5.41, 5.74) is 5.77. The number of nitrogens with zero attached hydrogens (tertiary/aromatic N) is 1. The highest BCUT2D eigenvalue weighted by atomic mass is 16.7. The van der Waals surface area contributed by atoms with Crippen LogP contribution in [0.2, 0.25) is 0 Å². The van der Waals surface area contributed by atoms with E-state index in [1.165, 1.54) is 16.7 Å². The molecule has 154 valence electrons. The van der Waals surface area contributed by atoms with Gasteiger partial charge in [-0.05, 0) is 73.6 Å². The number of anilines is 1. The van der Waals surface area contributed by atoms with Gasteiger partial charge in [-0.2, -0.15) is 0 Å². The van der Waals surface area contributed by atoms with E-state index in [4.69, 9.17) is 9.47 Å². The minimum Gasteiger partial charge on any atom is -0.454 e. The van der Waals surface area contributed by atoms with Crippen LogP contribution in [-0.2, 0) is 11.2 Å². The summed E-state index contributed by atoms with van der Waals surface area (Å²) in [4.78, 5) is 16.8. The summed E-state index contributed by atoms with van der Waals surface area (Å²) in [7, 11) is 0. The maximum atomic E-state index is 12.3. The summed E-state index contributed by atoms with van der Waals surface area (Å²) >= 11 is 0. The van der Waals surface area contributed by atoms with Crippen molar-refractivity contribution < 1.29 is 14.3 Å². The number of hydrogen-bond donors (Lipinski definition) is 1.